The topological polar surface area (TPSA) is 26.3 Å². The van der Waals surface area contributed by atoms with Crippen molar-refractivity contribution in [1.29, 1.82) is 0 Å². The molecule has 2 nitrogen and oxygen atoms in total. The first-order chi connectivity index (χ1) is 5.13. The quantitative estimate of drug-likeness (QED) is 0.413. The van der Waals surface area contributed by atoms with Gasteiger partial charge in [-0.15, -0.1) is 0 Å². The molecule has 0 N–H and O–H groups in total. The fourth-order valence-corrected chi connectivity index (χ4v) is 0.548. The molecule has 0 aromatic rings. The molecule has 0 saturated carbocycles. The molecule has 0 aromatic carbocycles. The molecule has 0 aromatic heterocycles. The van der Waals surface area contributed by atoms with Crippen LogP contribution in [0.5, 0.6) is 0 Å². The monoisotopic (exact) mass is 208 g/mol. The summed E-state index contributed by atoms with van der Waals surface area (Å²) in [5.74, 6) is -0.399. The summed E-state index contributed by atoms with van der Waals surface area (Å²) in [5.41, 5.74) is -0.0114. The lowest BCUT2D eigenvalue weighted by atomic mass is 9.99. The number of hydrogen-bond acceptors (Lipinski definition) is 4. The van der Waals surface area contributed by atoms with Gasteiger partial charge in [0.1, 0.15) is 0 Å². The van der Waals surface area contributed by atoms with Gasteiger partial charge in [0.2, 0.25) is 0 Å². The van der Waals surface area contributed by atoms with Crippen LogP contribution in [0.2, 0.25) is 0 Å². The Hall–Kier alpha value is 0.170. The predicted molar refractivity (Wildman–Crippen MR) is 56.8 cm³/mol. The maximum absolute atomic E-state index is 11.1. The Morgan fingerprint density at radius 2 is 1.67 bits per heavy atom. The number of thiol groups is 2. The van der Waals surface area contributed by atoms with Gasteiger partial charge in [0.15, 0.2) is 4.08 Å². The minimum atomic E-state index is -0.995. The summed E-state index contributed by atoms with van der Waals surface area (Å²) >= 11 is 7.94. The van der Waals surface area contributed by atoms with Crippen molar-refractivity contribution in [2.24, 2.45) is 5.41 Å². The number of hydrogen-bond donors (Lipinski definition) is 2. The van der Waals surface area contributed by atoms with Gasteiger partial charge in [-0.3, -0.25) is 0 Å². The molecule has 0 aliphatic heterocycles. The molecule has 0 spiro atoms. The normalized spacial score (nSPS) is 12.8. The molecule has 0 fully saturated rings. The molecule has 12 heavy (non-hydrogen) atoms. The molecule has 0 radical (unpaired) electrons. The summed E-state index contributed by atoms with van der Waals surface area (Å²) in [7, 11) is 0. The fourth-order valence-electron chi connectivity index (χ4n) is 0.419. The Labute approximate surface area is 84.9 Å². The van der Waals surface area contributed by atoms with Crippen LogP contribution in [0, 0.1) is 5.41 Å². The minimum Gasteiger partial charge on any atom is -0.463 e. The van der Waals surface area contributed by atoms with Gasteiger partial charge in [-0.1, -0.05) is 20.8 Å². The van der Waals surface area contributed by atoms with E-state index in [1.165, 1.54) is 0 Å². The zero-order valence-corrected chi connectivity index (χ0v) is 9.71. The van der Waals surface area contributed by atoms with Crippen molar-refractivity contribution in [2.45, 2.75) is 31.8 Å². The van der Waals surface area contributed by atoms with Crippen molar-refractivity contribution < 1.29 is 9.53 Å². The molecule has 0 aliphatic carbocycles. The molecule has 0 saturated heterocycles. The van der Waals surface area contributed by atoms with Crippen molar-refractivity contribution >= 4 is 31.2 Å². The lowest BCUT2D eigenvalue weighted by Crippen LogP contribution is -2.28. The second-order valence-electron chi connectivity index (χ2n) is 4.16. The maximum atomic E-state index is 11.1. The van der Waals surface area contributed by atoms with Gasteiger partial charge in [-0.05, 0) is 12.3 Å². The van der Waals surface area contributed by atoms with Crippen LogP contribution >= 0.6 is 25.3 Å². The van der Waals surface area contributed by atoms with Gasteiger partial charge in [0.25, 0.3) is 0 Å². The number of ether oxygens (including phenoxy) is 1. The molecule has 0 heterocycles. The Kier molecular flexibility index (Phi) is 3.97. The Balaban J connectivity index is 3.90. The van der Waals surface area contributed by atoms with Gasteiger partial charge in [-0.2, -0.15) is 25.3 Å². The SMILES string of the molecule is CC(C)(C)COC(=O)C(C)(S)S. The van der Waals surface area contributed by atoms with E-state index in [2.05, 4.69) is 25.3 Å². The molecule has 4 heteroatoms. The van der Waals surface area contributed by atoms with Crippen LogP contribution < -0.4 is 0 Å². The zero-order chi connectivity index (χ0) is 9.99. The van der Waals surface area contributed by atoms with Crippen molar-refractivity contribution in [3.05, 3.63) is 0 Å². The largest absolute Gasteiger partial charge is 0.463 e. The molecule has 72 valence electrons. The number of carbonyl (C=O) groups excluding carboxylic acids is 1. The molecule has 0 amide bonds. The third kappa shape index (κ3) is 5.77. The first kappa shape index (κ1) is 12.2. The van der Waals surface area contributed by atoms with E-state index in [1.54, 1.807) is 6.92 Å². The fraction of sp³-hybridized carbons (Fsp3) is 0.875. The van der Waals surface area contributed by atoms with Crippen LogP contribution in [0.15, 0.2) is 0 Å². The van der Waals surface area contributed by atoms with E-state index in [0.29, 0.717) is 6.61 Å². The van der Waals surface area contributed by atoms with E-state index >= 15 is 0 Å². The van der Waals surface area contributed by atoms with Gasteiger partial charge in [-0.25, -0.2) is 4.79 Å². The predicted octanol–water partition coefficient (Wildman–Crippen LogP) is 2.15. The van der Waals surface area contributed by atoms with E-state index in [0.717, 1.165) is 0 Å². The highest BCUT2D eigenvalue weighted by Gasteiger charge is 2.27. The first-order valence-corrected chi connectivity index (χ1v) is 4.64. The minimum absolute atomic E-state index is 0.0114. The van der Waals surface area contributed by atoms with E-state index in [1.807, 2.05) is 20.8 Å². The first-order valence-electron chi connectivity index (χ1n) is 3.75. The van der Waals surface area contributed by atoms with Crippen molar-refractivity contribution in [1.82, 2.24) is 0 Å². The number of esters is 1. The Bertz CT molecular complexity index is 165. The summed E-state index contributed by atoms with van der Waals surface area (Å²) in [4.78, 5) is 11.1. The zero-order valence-electron chi connectivity index (χ0n) is 7.92. The van der Waals surface area contributed by atoms with E-state index in [4.69, 9.17) is 4.74 Å². The Morgan fingerprint density at radius 3 is 1.92 bits per heavy atom. The highest BCUT2D eigenvalue weighted by atomic mass is 32.2. The van der Waals surface area contributed by atoms with Crippen LogP contribution in [0.4, 0.5) is 0 Å². The van der Waals surface area contributed by atoms with Gasteiger partial charge in [0.05, 0.1) is 6.61 Å². The van der Waals surface area contributed by atoms with Crippen molar-refractivity contribution in [2.75, 3.05) is 6.61 Å². The lowest BCUT2D eigenvalue weighted by molar-refractivity contribution is -0.146. The standard InChI is InChI=1S/C8H16O2S2/c1-7(2,3)5-10-6(9)8(4,11)12/h11-12H,5H2,1-4H3. The van der Waals surface area contributed by atoms with Crippen LogP contribution in [-0.4, -0.2) is 16.7 Å². The Morgan fingerprint density at radius 1 is 1.25 bits per heavy atom. The second kappa shape index (κ2) is 3.92. The summed E-state index contributed by atoms with van der Waals surface area (Å²) < 4.78 is 3.98. The summed E-state index contributed by atoms with van der Waals surface area (Å²) in [6.45, 7) is 7.96. The summed E-state index contributed by atoms with van der Waals surface area (Å²) in [6, 6.07) is 0. The smallest absolute Gasteiger partial charge is 0.331 e. The van der Waals surface area contributed by atoms with Gasteiger partial charge >= 0.3 is 5.97 Å². The summed E-state index contributed by atoms with van der Waals surface area (Å²) in [5, 5.41) is 0. The molecular formula is C8H16O2S2. The van der Waals surface area contributed by atoms with Crippen LogP contribution in [-0.2, 0) is 9.53 Å². The average Bonchev–Trinajstić information content (AvgIpc) is 1.78. The highest BCUT2D eigenvalue weighted by Crippen LogP contribution is 2.22. The van der Waals surface area contributed by atoms with E-state index in [-0.39, 0.29) is 5.41 Å². The van der Waals surface area contributed by atoms with Crippen LogP contribution in [0.1, 0.15) is 27.7 Å². The maximum Gasteiger partial charge on any atom is 0.331 e. The lowest BCUT2D eigenvalue weighted by Gasteiger charge is -2.21. The van der Waals surface area contributed by atoms with Crippen LogP contribution in [0.3, 0.4) is 0 Å². The molecule has 0 unspecified atom stereocenters. The molecular weight excluding hydrogens is 192 g/mol. The van der Waals surface area contributed by atoms with Gasteiger partial charge < -0.3 is 4.74 Å². The average molecular weight is 208 g/mol. The van der Waals surface area contributed by atoms with E-state index < -0.39 is 10.0 Å². The molecule has 0 atom stereocenters. The van der Waals surface area contributed by atoms with E-state index in [9.17, 15) is 4.79 Å². The number of carbonyl (C=O) groups is 1. The molecule has 0 aliphatic rings. The summed E-state index contributed by atoms with van der Waals surface area (Å²) in [6.07, 6.45) is 0. The second-order valence-corrected chi connectivity index (χ2v) is 6.30. The van der Waals surface area contributed by atoms with Crippen LogP contribution in [0.25, 0.3) is 0 Å². The highest BCUT2D eigenvalue weighted by molar-refractivity contribution is 8.01. The molecule has 0 rings (SSSR count). The number of rotatable bonds is 2. The third-order valence-corrected chi connectivity index (χ3v) is 1.39. The third-order valence-electron chi connectivity index (χ3n) is 1.02. The van der Waals surface area contributed by atoms with Crippen molar-refractivity contribution in [3.63, 3.8) is 0 Å². The molecule has 0 bridgehead atoms. The van der Waals surface area contributed by atoms with Gasteiger partial charge in [0, 0.05) is 0 Å². The van der Waals surface area contributed by atoms with Crippen molar-refractivity contribution in [3.8, 4) is 0 Å².